The Labute approximate surface area is 168 Å². The molecule has 0 aliphatic heterocycles. The minimum absolute atomic E-state index is 0.101. The summed E-state index contributed by atoms with van der Waals surface area (Å²) in [6, 6.07) is 12.2. The molecule has 7 nitrogen and oxygen atoms in total. The zero-order valence-electron chi connectivity index (χ0n) is 15.4. The molecule has 1 aromatic heterocycles. The first-order chi connectivity index (χ1) is 13.4. The summed E-state index contributed by atoms with van der Waals surface area (Å²) in [6.07, 6.45) is 7.09. The third kappa shape index (κ3) is 4.80. The van der Waals surface area contributed by atoms with E-state index in [4.69, 9.17) is 0 Å². The lowest BCUT2D eigenvalue weighted by atomic mass is 10.2. The molecule has 1 heterocycles. The van der Waals surface area contributed by atoms with E-state index in [-0.39, 0.29) is 17.3 Å². The number of amides is 1. The summed E-state index contributed by atoms with van der Waals surface area (Å²) in [7, 11) is -3.72. The van der Waals surface area contributed by atoms with Crippen molar-refractivity contribution in [2.75, 3.05) is 11.6 Å². The minimum atomic E-state index is -3.72. The molecular formula is C19H20N4O3S2. The van der Waals surface area contributed by atoms with Crippen LogP contribution in [0.15, 0.2) is 71.0 Å². The maximum absolute atomic E-state index is 12.7. The number of carbonyl (C=O) groups is 1. The first-order valence-corrected chi connectivity index (χ1v) is 11.1. The summed E-state index contributed by atoms with van der Waals surface area (Å²) in [6.45, 7) is 1.54. The van der Waals surface area contributed by atoms with Crippen molar-refractivity contribution in [2.45, 2.75) is 23.3 Å². The lowest BCUT2D eigenvalue weighted by Gasteiger charge is -2.12. The smallest absolute Gasteiger partial charge is 0.240 e. The second kappa shape index (κ2) is 8.59. The molecule has 2 N–H and O–H groups in total. The number of nitrogens with one attached hydrogen (secondary N) is 2. The van der Waals surface area contributed by atoms with Crippen LogP contribution in [0.4, 0.5) is 5.69 Å². The molecule has 0 aliphatic rings. The van der Waals surface area contributed by atoms with Crippen LogP contribution < -0.4 is 10.0 Å². The van der Waals surface area contributed by atoms with Crippen LogP contribution in [0.5, 0.6) is 0 Å². The highest BCUT2D eigenvalue weighted by molar-refractivity contribution is 7.98. The van der Waals surface area contributed by atoms with Crippen LogP contribution in [0.3, 0.4) is 0 Å². The molecule has 0 saturated carbocycles. The summed E-state index contributed by atoms with van der Waals surface area (Å²) in [5.74, 6) is -0.254. The molecule has 1 amide bonds. The highest BCUT2D eigenvalue weighted by Crippen LogP contribution is 2.28. The van der Waals surface area contributed by atoms with E-state index in [0.29, 0.717) is 5.69 Å². The number of thioether (sulfide) groups is 1. The van der Waals surface area contributed by atoms with Gasteiger partial charge >= 0.3 is 0 Å². The average molecular weight is 417 g/mol. The molecule has 0 saturated heterocycles. The van der Waals surface area contributed by atoms with Gasteiger partial charge in [0.1, 0.15) is 0 Å². The fraction of sp³-hybridized carbons (Fsp3) is 0.158. The van der Waals surface area contributed by atoms with E-state index in [0.717, 1.165) is 16.1 Å². The first-order valence-electron chi connectivity index (χ1n) is 8.41. The molecule has 0 bridgehead atoms. The van der Waals surface area contributed by atoms with Crippen LogP contribution in [0.1, 0.15) is 12.5 Å². The molecule has 2 aromatic carbocycles. The van der Waals surface area contributed by atoms with Gasteiger partial charge in [0, 0.05) is 36.4 Å². The number of carbonyl (C=O) groups excluding carboxylic acids is 1. The molecule has 0 fully saturated rings. The Morgan fingerprint density at radius 1 is 1.18 bits per heavy atom. The van der Waals surface area contributed by atoms with Crippen LogP contribution in [-0.4, -0.2) is 30.1 Å². The van der Waals surface area contributed by atoms with Crippen LogP contribution in [0.2, 0.25) is 0 Å². The van der Waals surface area contributed by atoms with Crippen LogP contribution in [0.25, 0.3) is 5.69 Å². The van der Waals surface area contributed by atoms with E-state index >= 15 is 0 Å². The van der Waals surface area contributed by atoms with Crippen LogP contribution in [0, 0.1) is 0 Å². The molecule has 0 radical (unpaired) electrons. The summed E-state index contributed by atoms with van der Waals surface area (Å²) < 4.78 is 29.8. The number of sulfonamides is 1. The van der Waals surface area contributed by atoms with Crippen molar-refractivity contribution >= 4 is 33.4 Å². The molecule has 3 aromatic rings. The summed E-state index contributed by atoms with van der Waals surface area (Å²) in [4.78, 5) is 16.3. The van der Waals surface area contributed by atoms with Gasteiger partial charge in [0.2, 0.25) is 15.9 Å². The SMILES string of the molecule is CSc1ccc(S(=O)(=O)NCc2ccc(-n3ccnc3)cc2)cc1NC(C)=O. The number of anilines is 1. The molecule has 0 aliphatic carbocycles. The Bertz CT molecular complexity index is 1060. The Morgan fingerprint density at radius 2 is 1.93 bits per heavy atom. The summed E-state index contributed by atoms with van der Waals surface area (Å²) in [5.41, 5.74) is 2.25. The number of nitrogens with zero attached hydrogens (tertiary/aromatic N) is 2. The van der Waals surface area contributed by atoms with E-state index in [1.807, 2.05) is 41.3 Å². The predicted molar refractivity (Wildman–Crippen MR) is 110 cm³/mol. The monoisotopic (exact) mass is 416 g/mol. The number of rotatable bonds is 7. The predicted octanol–water partition coefficient (Wildman–Crippen LogP) is 3.03. The maximum atomic E-state index is 12.7. The molecule has 0 atom stereocenters. The van der Waals surface area contributed by atoms with Gasteiger partial charge in [-0.05, 0) is 42.2 Å². The van der Waals surface area contributed by atoms with Gasteiger partial charge in [0.05, 0.1) is 16.9 Å². The van der Waals surface area contributed by atoms with E-state index in [9.17, 15) is 13.2 Å². The molecule has 28 heavy (non-hydrogen) atoms. The molecule has 0 unspecified atom stereocenters. The summed E-state index contributed by atoms with van der Waals surface area (Å²) >= 11 is 1.43. The quantitative estimate of drug-likeness (QED) is 0.578. The zero-order valence-corrected chi connectivity index (χ0v) is 17.0. The molecule has 146 valence electrons. The van der Waals surface area contributed by atoms with E-state index < -0.39 is 10.0 Å². The Kier molecular flexibility index (Phi) is 6.18. The zero-order chi connectivity index (χ0) is 20.1. The number of hydrogen-bond donors (Lipinski definition) is 2. The molecular weight excluding hydrogens is 396 g/mol. The third-order valence-corrected chi connectivity index (χ3v) is 6.19. The lowest BCUT2D eigenvalue weighted by Crippen LogP contribution is -2.23. The van der Waals surface area contributed by atoms with Crippen LogP contribution >= 0.6 is 11.8 Å². The van der Waals surface area contributed by atoms with Crippen molar-refractivity contribution in [3.63, 3.8) is 0 Å². The second-order valence-electron chi connectivity index (χ2n) is 6.00. The van der Waals surface area contributed by atoms with Gasteiger partial charge in [-0.15, -0.1) is 11.8 Å². The first kappa shape index (κ1) is 20.1. The van der Waals surface area contributed by atoms with Gasteiger partial charge in [-0.3, -0.25) is 4.79 Å². The van der Waals surface area contributed by atoms with Crippen molar-refractivity contribution in [3.8, 4) is 5.69 Å². The van der Waals surface area contributed by atoms with Gasteiger partial charge in [0.25, 0.3) is 0 Å². The molecule has 3 rings (SSSR count). The average Bonchev–Trinajstić information content (AvgIpc) is 3.21. The highest BCUT2D eigenvalue weighted by Gasteiger charge is 2.16. The standard InChI is InChI=1S/C19H20N4O3S2/c1-14(24)22-18-11-17(7-8-19(18)27-2)28(25,26)21-12-15-3-5-16(6-4-15)23-10-9-20-13-23/h3-11,13,21H,12H2,1-2H3,(H,22,24). The van der Waals surface area contributed by atoms with Crippen molar-refractivity contribution in [3.05, 3.63) is 66.7 Å². The summed E-state index contributed by atoms with van der Waals surface area (Å²) in [5, 5.41) is 2.67. The molecule has 0 spiro atoms. The fourth-order valence-electron chi connectivity index (χ4n) is 2.60. The Balaban J connectivity index is 1.74. The van der Waals surface area contributed by atoms with Gasteiger partial charge < -0.3 is 9.88 Å². The minimum Gasteiger partial charge on any atom is -0.325 e. The van der Waals surface area contributed by atoms with Gasteiger partial charge in [-0.1, -0.05) is 12.1 Å². The highest BCUT2D eigenvalue weighted by atomic mass is 32.2. The van der Waals surface area contributed by atoms with Crippen molar-refractivity contribution in [1.82, 2.24) is 14.3 Å². The number of benzene rings is 2. The Hall–Kier alpha value is -2.62. The maximum Gasteiger partial charge on any atom is 0.240 e. The lowest BCUT2D eigenvalue weighted by molar-refractivity contribution is -0.114. The van der Waals surface area contributed by atoms with E-state index in [2.05, 4.69) is 15.0 Å². The topological polar surface area (TPSA) is 93.1 Å². The number of hydrogen-bond acceptors (Lipinski definition) is 5. The van der Waals surface area contributed by atoms with Crippen molar-refractivity contribution in [2.24, 2.45) is 0 Å². The van der Waals surface area contributed by atoms with Crippen LogP contribution in [-0.2, 0) is 21.4 Å². The van der Waals surface area contributed by atoms with E-state index in [1.54, 1.807) is 18.6 Å². The van der Waals surface area contributed by atoms with Gasteiger partial charge in [-0.25, -0.2) is 18.1 Å². The Morgan fingerprint density at radius 3 is 2.54 bits per heavy atom. The van der Waals surface area contributed by atoms with Crippen molar-refractivity contribution in [1.29, 1.82) is 0 Å². The number of imidazole rings is 1. The van der Waals surface area contributed by atoms with E-state index in [1.165, 1.54) is 30.8 Å². The number of aromatic nitrogens is 2. The molecule has 9 heteroatoms. The largest absolute Gasteiger partial charge is 0.325 e. The van der Waals surface area contributed by atoms with Gasteiger partial charge in [0.15, 0.2) is 0 Å². The second-order valence-corrected chi connectivity index (χ2v) is 8.62. The van der Waals surface area contributed by atoms with Gasteiger partial charge in [-0.2, -0.15) is 0 Å². The normalized spacial score (nSPS) is 11.4. The fourth-order valence-corrected chi connectivity index (χ4v) is 4.18. The van der Waals surface area contributed by atoms with Crippen molar-refractivity contribution < 1.29 is 13.2 Å². The third-order valence-electron chi connectivity index (χ3n) is 4.00.